The predicted octanol–water partition coefficient (Wildman–Crippen LogP) is 1.88. The Labute approximate surface area is 87.8 Å². The van der Waals surface area contributed by atoms with Gasteiger partial charge in [-0.3, -0.25) is 4.79 Å². The van der Waals surface area contributed by atoms with E-state index in [0.717, 1.165) is 11.3 Å². The minimum atomic E-state index is -0.0606. The molecule has 0 fully saturated rings. The number of nitrogen functional groups attached to an aromatic ring is 1. The number of aromatic nitrogens is 1. The van der Waals surface area contributed by atoms with E-state index in [0.29, 0.717) is 12.2 Å². The van der Waals surface area contributed by atoms with Gasteiger partial charge < -0.3 is 10.3 Å². The summed E-state index contributed by atoms with van der Waals surface area (Å²) < 4.78 is 1.60. The van der Waals surface area contributed by atoms with Crippen molar-refractivity contribution in [3.05, 3.63) is 39.3 Å². The molecule has 0 atom stereocenters. The van der Waals surface area contributed by atoms with Crippen LogP contribution in [-0.2, 0) is 6.54 Å². The second-order valence-corrected chi connectivity index (χ2v) is 3.47. The lowest BCUT2D eigenvalue weighted by Gasteiger charge is -2.11. The lowest BCUT2D eigenvalue weighted by Crippen LogP contribution is -2.22. The summed E-state index contributed by atoms with van der Waals surface area (Å²) in [7, 11) is 0. The molecule has 0 bridgehead atoms. The molecule has 0 aliphatic rings. The predicted molar refractivity (Wildman–Crippen MR) is 59.5 cm³/mol. The van der Waals surface area contributed by atoms with Crippen molar-refractivity contribution in [2.45, 2.75) is 20.4 Å². The second kappa shape index (κ2) is 4.33. The van der Waals surface area contributed by atoms with Gasteiger partial charge in [0.25, 0.3) is 5.56 Å². The van der Waals surface area contributed by atoms with E-state index in [2.05, 4.69) is 0 Å². The van der Waals surface area contributed by atoms with Crippen molar-refractivity contribution in [1.82, 2.24) is 4.57 Å². The number of hydrogen-bond donors (Lipinski definition) is 1. The smallest absolute Gasteiger partial charge is 0.251 e. The third kappa shape index (κ3) is 2.17. The van der Waals surface area contributed by atoms with Crippen LogP contribution >= 0.6 is 11.6 Å². The molecule has 1 rings (SSSR count). The van der Waals surface area contributed by atoms with Crippen LogP contribution in [0, 0.1) is 6.92 Å². The number of nitrogens with zero attached hydrogens (tertiary/aromatic N) is 1. The number of anilines is 1. The van der Waals surface area contributed by atoms with Crippen LogP contribution in [0.1, 0.15) is 12.6 Å². The molecule has 1 aromatic rings. The van der Waals surface area contributed by atoms with Gasteiger partial charge in [0.05, 0.1) is 5.69 Å². The first-order chi connectivity index (χ1) is 6.56. The number of halogens is 1. The number of hydrogen-bond acceptors (Lipinski definition) is 2. The molecule has 14 heavy (non-hydrogen) atoms. The molecule has 1 aromatic heterocycles. The van der Waals surface area contributed by atoms with Crippen LogP contribution < -0.4 is 11.3 Å². The van der Waals surface area contributed by atoms with Crippen LogP contribution in [0.25, 0.3) is 0 Å². The summed E-state index contributed by atoms with van der Waals surface area (Å²) in [6, 6.07) is 3.08. The van der Waals surface area contributed by atoms with E-state index in [-0.39, 0.29) is 5.56 Å². The SMILES string of the molecule is C/C(=C\Cl)Cn1c(C)c(N)ccc1=O. The van der Waals surface area contributed by atoms with E-state index in [1.807, 2.05) is 13.8 Å². The summed E-state index contributed by atoms with van der Waals surface area (Å²) in [5.74, 6) is 0. The van der Waals surface area contributed by atoms with Gasteiger partial charge in [-0.15, -0.1) is 0 Å². The van der Waals surface area contributed by atoms with Gasteiger partial charge in [0, 0.05) is 23.8 Å². The molecule has 2 N–H and O–H groups in total. The highest BCUT2D eigenvalue weighted by Crippen LogP contribution is 2.08. The summed E-state index contributed by atoms with van der Waals surface area (Å²) in [5.41, 5.74) is 9.41. The fraction of sp³-hybridized carbons (Fsp3) is 0.300. The quantitative estimate of drug-likeness (QED) is 0.814. The first-order valence-corrected chi connectivity index (χ1v) is 4.71. The Hall–Kier alpha value is -1.22. The summed E-state index contributed by atoms with van der Waals surface area (Å²) in [4.78, 5) is 11.5. The largest absolute Gasteiger partial charge is 0.397 e. The number of pyridine rings is 1. The zero-order chi connectivity index (χ0) is 10.7. The van der Waals surface area contributed by atoms with Gasteiger partial charge in [0.2, 0.25) is 0 Å². The van der Waals surface area contributed by atoms with E-state index >= 15 is 0 Å². The third-order valence-corrected chi connectivity index (χ3v) is 2.46. The highest BCUT2D eigenvalue weighted by atomic mass is 35.5. The van der Waals surface area contributed by atoms with Crippen LogP contribution in [0.15, 0.2) is 28.0 Å². The van der Waals surface area contributed by atoms with Crippen molar-refractivity contribution in [3.63, 3.8) is 0 Å². The van der Waals surface area contributed by atoms with Crippen molar-refractivity contribution >= 4 is 17.3 Å². The summed E-state index contributed by atoms with van der Waals surface area (Å²) in [6.07, 6.45) is 0. The average molecular weight is 213 g/mol. The molecule has 3 nitrogen and oxygen atoms in total. The maximum Gasteiger partial charge on any atom is 0.251 e. The van der Waals surface area contributed by atoms with E-state index in [1.54, 1.807) is 10.6 Å². The Morgan fingerprint density at radius 3 is 2.86 bits per heavy atom. The number of allylic oxidation sites excluding steroid dienone is 1. The lowest BCUT2D eigenvalue weighted by atomic mass is 10.2. The van der Waals surface area contributed by atoms with Crippen LogP contribution in [0.5, 0.6) is 0 Å². The Morgan fingerprint density at radius 2 is 2.29 bits per heavy atom. The van der Waals surface area contributed by atoms with Gasteiger partial charge >= 0.3 is 0 Å². The first kappa shape index (κ1) is 10.9. The number of nitrogens with two attached hydrogens (primary N) is 1. The van der Waals surface area contributed by atoms with Crippen molar-refractivity contribution in [1.29, 1.82) is 0 Å². The summed E-state index contributed by atoms with van der Waals surface area (Å²) >= 11 is 5.54. The molecule has 4 heteroatoms. The molecule has 0 unspecified atom stereocenters. The fourth-order valence-electron chi connectivity index (χ4n) is 1.17. The monoisotopic (exact) mass is 212 g/mol. The Kier molecular flexibility index (Phi) is 3.36. The Balaban J connectivity index is 3.20. The second-order valence-electron chi connectivity index (χ2n) is 3.25. The minimum Gasteiger partial charge on any atom is -0.397 e. The van der Waals surface area contributed by atoms with Crippen molar-refractivity contribution in [2.24, 2.45) is 0 Å². The Morgan fingerprint density at radius 1 is 1.64 bits per heavy atom. The van der Waals surface area contributed by atoms with Gasteiger partial charge in [0.1, 0.15) is 0 Å². The first-order valence-electron chi connectivity index (χ1n) is 4.28. The zero-order valence-electron chi connectivity index (χ0n) is 8.25. The number of rotatable bonds is 2. The van der Waals surface area contributed by atoms with Gasteiger partial charge in [0.15, 0.2) is 0 Å². The topological polar surface area (TPSA) is 48.0 Å². The van der Waals surface area contributed by atoms with Crippen LogP contribution in [-0.4, -0.2) is 4.57 Å². The highest BCUT2D eigenvalue weighted by Gasteiger charge is 2.03. The molecule has 0 aliphatic heterocycles. The van der Waals surface area contributed by atoms with E-state index < -0.39 is 0 Å². The maximum absolute atomic E-state index is 11.5. The minimum absolute atomic E-state index is 0.0606. The van der Waals surface area contributed by atoms with Gasteiger partial charge in [-0.05, 0) is 25.5 Å². The molecule has 0 spiro atoms. The molecular weight excluding hydrogens is 200 g/mol. The van der Waals surface area contributed by atoms with Crippen molar-refractivity contribution < 1.29 is 0 Å². The molecule has 0 aliphatic carbocycles. The van der Waals surface area contributed by atoms with E-state index in [4.69, 9.17) is 17.3 Å². The van der Waals surface area contributed by atoms with Crippen LogP contribution in [0.4, 0.5) is 5.69 Å². The molecule has 0 aromatic carbocycles. The molecule has 1 heterocycles. The summed E-state index contributed by atoms with van der Waals surface area (Å²) in [6.45, 7) is 4.17. The van der Waals surface area contributed by atoms with Crippen molar-refractivity contribution in [3.8, 4) is 0 Å². The summed E-state index contributed by atoms with van der Waals surface area (Å²) in [5, 5.41) is 0. The normalized spacial score (nSPS) is 11.8. The zero-order valence-corrected chi connectivity index (χ0v) is 9.01. The third-order valence-electron chi connectivity index (χ3n) is 2.09. The molecule has 0 saturated heterocycles. The molecule has 76 valence electrons. The molecule has 0 amide bonds. The highest BCUT2D eigenvalue weighted by molar-refractivity contribution is 6.25. The Bertz CT molecular complexity index is 421. The van der Waals surface area contributed by atoms with Gasteiger partial charge in [-0.25, -0.2) is 0 Å². The standard InChI is InChI=1S/C10H13ClN2O/c1-7(5-11)6-13-8(2)9(12)3-4-10(13)14/h3-5H,6,12H2,1-2H3/b7-5+. The van der Waals surface area contributed by atoms with Gasteiger partial charge in [-0.2, -0.15) is 0 Å². The molecule has 0 saturated carbocycles. The van der Waals surface area contributed by atoms with Crippen LogP contribution in [0.2, 0.25) is 0 Å². The van der Waals surface area contributed by atoms with Crippen molar-refractivity contribution in [2.75, 3.05) is 5.73 Å². The maximum atomic E-state index is 11.5. The fourth-order valence-corrected chi connectivity index (χ4v) is 1.24. The lowest BCUT2D eigenvalue weighted by molar-refractivity contribution is 0.722. The van der Waals surface area contributed by atoms with E-state index in [9.17, 15) is 4.79 Å². The van der Waals surface area contributed by atoms with E-state index in [1.165, 1.54) is 11.6 Å². The molecular formula is C10H13ClN2O. The van der Waals surface area contributed by atoms with Gasteiger partial charge in [-0.1, -0.05) is 11.6 Å². The van der Waals surface area contributed by atoms with Crippen LogP contribution in [0.3, 0.4) is 0 Å². The molecule has 0 radical (unpaired) electrons. The average Bonchev–Trinajstić information content (AvgIpc) is 2.18.